The topological polar surface area (TPSA) is 83.4 Å². The van der Waals surface area contributed by atoms with Crippen LogP contribution in [0, 0.1) is 13.8 Å². The Morgan fingerprint density at radius 1 is 1.17 bits per heavy atom. The van der Waals surface area contributed by atoms with Gasteiger partial charge in [0.1, 0.15) is 0 Å². The van der Waals surface area contributed by atoms with Crippen LogP contribution in [0.1, 0.15) is 29.3 Å². The number of aromatic nitrogens is 1. The SMILES string of the molecule is Cc1cc(C)cc(NC(=O)C(=O)NCCC(O)c2cccn2C)c1. The molecule has 0 fully saturated rings. The molecule has 1 aromatic carbocycles. The van der Waals surface area contributed by atoms with Crippen molar-refractivity contribution in [2.45, 2.75) is 26.4 Å². The predicted molar refractivity (Wildman–Crippen MR) is 92.5 cm³/mol. The van der Waals surface area contributed by atoms with Gasteiger partial charge in [0.15, 0.2) is 0 Å². The Morgan fingerprint density at radius 2 is 1.83 bits per heavy atom. The average molecular weight is 329 g/mol. The first-order valence-corrected chi connectivity index (χ1v) is 7.83. The van der Waals surface area contributed by atoms with Gasteiger partial charge in [-0.15, -0.1) is 0 Å². The van der Waals surface area contributed by atoms with E-state index in [1.54, 1.807) is 12.1 Å². The van der Waals surface area contributed by atoms with Crippen molar-refractivity contribution in [1.82, 2.24) is 9.88 Å². The number of anilines is 1. The van der Waals surface area contributed by atoms with Gasteiger partial charge in [-0.2, -0.15) is 0 Å². The van der Waals surface area contributed by atoms with E-state index in [1.165, 1.54) is 0 Å². The van der Waals surface area contributed by atoms with Crippen LogP contribution in [0.4, 0.5) is 5.69 Å². The van der Waals surface area contributed by atoms with Crippen LogP contribution < -0.4 is 10.6 Å². The van der Waals surface area contributed by atoms with Gasteiger partial charge in [0.25, 0.3) is 0 Å². The molecule has 0 saturated carbocycles. The number of aliphatic hydroxyl groups is 1. The van der Waals surface area contributed by atoms with Crippen molar-refractivity contribution in [2.75, 3.05) is 11.9 Å². The van der Waals surface area contributed by atoms with Gasteiger partial charge in [-0.05, 0) is 55.7 Å². The van der Waals surface area contributed by atoms with Crippen molar-refractivity contribution < 1.29 is 14.7 Å². The number of carbonyl (C=O) groups is 2. The van der Waals surface area contributed by atoms with E-state index >= 15 is 0 Å². The Kier molecular flexibility index (Phi) is 5.76. The predicted octanol–water partition coefficient (Wildman–Crippen LogP) is 1.82. The summed E-state index contributed by atoms with van der Waals surface area (Å²) in [5.74, 6) is -1.43. The fourth-order valence-electron chi connectivity index (χ4n) is 2.61. The summed E-state index contributed by atoms with van der Waals surface area (Å²) >= 11 is 0. The van der Waals surface area contributed by atoms with Crippen molar-refractivity contribution in [3.63, 3.8) is 0 Å². The normalized spacial score (nSPS) is 11.8. The fourth-order valence-corrected chi connectivity index (χ4v) is 2.61. The maximum Gasteiger partial charge on any atom is 0.313 e. The number of aryl methyl sites for hydroxylation is 3. The van der Waals surface area contributed by atoms with Crippen LogP contribution >= 0.6 is 0 Å². The second-order valence-electron chi connectivity index (χ2n) is 5.93. The molecule has 1 aromatic heterocycles. The highest BCUT2D eigenvalue weighted by Crippen LogP contribution is 2.16. The molecule has 0 radical (unpaired) electrons. The van der Waals surface area contributed by atoms with Crippen molar-refractivity contribution in [1.29, 1.82) is 0 Å². The number of nitrogens with one attached hydrogen (secondary N) is 2. The fraction of sp³-hybridized carbons (Fsp3) is 0.333. The molecule has 6 nitrogen and oxygen atoms in total. The third kappa shape index (κ3) is 4.70. The number of carbonyl (C=O) groups excluding carboxylic acids is 2. The van der Waals surface area contributed by atoms with Gasteiger partial charge in [-0.1, -0.05) is 6.07 Å². The summed E-state index contributed by atoms with van der Waals surface area (Å²) in [5, 5.41) is 15.2. The Bertz CT molecular complexity index is 717. The molecule has 1 unspecified atom stereocenters. The van der Waals surface area contributed by atoms with E-state index in [4.69, 9.17) is 0 Å². The zero-order valence-corrected chi connectivity index (χ0v) is 14.2. The summed E-state index contributed by atoms with van der Waals surface area (Å²) in [6.07, 6.45) is 1.49. The first-order chi connectivity index (χ1) is 11.4. The van der Waals surface area contributed by atoms with Crippen LogP contribution in [0.3, 0.4) is 0 Å². The Hall–Kier alpha value is -2.60. The van der Waals surface area contributed by atoms with Gasteiger partial charge in [0.05, 0.1) is 6.10 Å². The summed E-state index contributed by atoms with van der Waals surface area (Å²) in [7, 11) is 1.84. The van der Waals surface area contributed by atoms with Crippen molar-refractivity contribution in [3.05, 3.63) is 53.3 Å². The third-order valence-electron chi connectivity index (χ3n) is 3.71. The van der Waals surface area contributed by atoms with Crippen LogP contribution in [-0.2, 0) is 16.6 Å². The highest BCUT2D eigenvalue weighted by atomic mass is 16.3. The summed E-state index contributed by atoms with van der Waals surface area (Å²) in [4.78, 5) is 23.7. The average Bonchev–Trinajstić information content (AvgIpc) is 2.92. The molecule has 0 saturated heterocycles. The second-order valence-corrected chi connectivity index (χ2v) is 5.93. The van der Waals surface area contributed by atoms with E-state index in [1.807, 2.05) is 49.9 Å². The third-order valence-corrected chi connectivity index (χ3v) is 3.71. The summed E-state index contributed by atoms with van der Waals surface area (Å²) < 4.78 is 1.82. The summed E-state index contributed by atoms with van der Waals surface area (Å²) in [6, 6.07) is 9.25. The molecule has 24 heavy (non-hydrogen) atoms. The van der Waals surface area contributed by atoms with Crippen molar-refractivity contribution >= 4 is 17.5 Å². The van der Waals surface area contributed by atoms with Gasteiger partial charge >= 0.3 is 11.8 Å². The molecule has 2 amide bonds. The zero-order chi connectivity index (χ0) is 17.7. The Balaban J connectivity index is 1.81. The summed E-state index contributed by atoms with van der Waals surface area (Å²) in [5.41, 5.74) is 3.38. The van der Waals surface area contributed by atoms with Gasteiger partial charge in [-0.25, -0.2) is 0 Å². The number of benzene rings is 1. The van der Waals surface area contributed by atoms with E-state index in [-0.39, 0.29) is 6.54 Å². The number of aliphatic hydroxyl groups excluding tert-OH is 1. The lowest BCUT2D eigenvalue weighted by molar-refractivity contribution is -0.136. The van der Waals surface area contributed by atoms with Crippen molar-refractivity contribution in [3.8, 4) is 0 Å². The van der Waals surface area contributed by atoms with E-state index in [0.717, 1.165) is 16.8 Å². The molecule has 0 spiro atoms. The van der Waals surface area contributed by atoms with Gasteiger partial charge in [0.2, 0.25) is 0 Å². The highest BCUT2D eigenvalue weighted by Gasteiger charge is 2.15. The van der Waals surface area contributed by atoms with Crippen LogP contribution in [0.5, 0.6) is 0 Å². The van der Waals surface area contributed by atoms with E-state index in [9.17, 15) is 14.7 Å². The molecule has 0 bridgehead atoms. The van der Waals surface area contributed by atoms with Crippen LogP contribution in [-0.4, -0.2) is 28.0 Å². The molecule has 0 aliphatic heterocycles. The molecule has 0 aliphatic carbocycles. The maximum absolute atomic E-state index is 11.9. The van der Waals surface area contributed by atoms with Crippen LogP contribution in [0.2, 0.25) is 0 Å². The first kappa shape index (κ1) is 17.7. The lowest BCUT2D eigenvalue weighted by Gasteiger charge is -2.12. The summed E-state index contributed by atoms with van der Waals surface area (Å²) in [6.45, 7) is 4.06. The smallest absolute Gasteiger partial charge is 0.313 e. The standard InChI is InChI=1S/C18H23N3O3/c1-12-9-13(2)11-14(10-12)20-18(24)17(23)19-7-6-16(22)15-5-4-8-21(15)3/h4-5,8-11,16,22H,6-7H2,1-3H3,(H,19,23)(H,20,24). The Morgan fingerprint density at radius 3 is 2.42 bits per heavy atom. The molecule has 128 valence electrons. The van der Waals surface area contributed by atoms with E-state index in [0.29, 0.717) is 12.1 Å². The van der Waals surface area contributed by atoms with E-state index < -0.39 is 17.9 Å². The Labute approximate surface area is 141 Å². The number of rotatable bonds is 5. The largest absolute Gasteiger partial charge is 0.387 e. The minimum atomic E-state index is -0.715. The monoisotopic (exact) mass is 329 g/mol. The highest BCUT2D eigenvalue weighted by molar-refractivity contribution is 6.39. The number of hydrogen-bond donors (Lipinski definition) is 3. The quantitative estimate of drug-likeness (QED) is 0.732. The van der Waals surface area contributed by atoms with Gasteiger partial charge < -0.3 is 20.3 Å². The number of nitrogens with zero attached hydrogens (tertiary/aromatic N) is 1. The minimum Gasteiger partial charge on any atom is -0.387 e. The number of amides is 2. The van der Waals surface area contributed by atoms with Crippen molar-refractivity contribution in [2.24, 2.45) is 7.05 Å². The van der Waals surface area contributed by atoms with Gasteiger partial charge in [-0.3, -0.25) is 9.59 Å². The molecule has 1 heterocycles. The van der Waals surface area contributed by atoms with Crippen LogP contribution in [0.15, 0.2) is 36.5 Å². The van der Waals surface area contributed by atoms with Crippen LogP contribution in [0.25, 0.3) is 0 Å². The minimum absolute atomic E-state index is 0.214. The molecule has 3 N–H and O–H groups in total. The molecule has 2 aromatic rings. The van der Waals surface area contributed by atoms with Gasteiger partial charge in [0, 0.05) is 31.2 Å². The maximum atomic E-state index is 11.9. The molecule has 6 heteroatoms. The molecular weight excluding hydrogens is 306 g/mol. The molecule has 1 atom stereocenters. The van der Waals surface area contributed by atoms with E-state index in [2.05, 4.69) is 10.6 Å². The molecule has 2 rings (SSSR count). The first-order valence-electron chi connectivity index (χ1n) is 7.83. The zero-order valence-electron chi connectivity index (χ0n) is 14.2. The second kappa shape index (κ2) is 7.79. The number of hydrogen-bond acceptors (Lipinski definition) is 3. The lowest BCUT2D eigenvalue weighted by atomic mass is 10.1. The lowest BCUT2D eigenvalue weighted by Crippen LogP contribution is -2.36. The molecular formula is C18H23N3O3. The molecule has 0 aliphatic rings.